The highest BCUT2D eigenvalue weighted by atomic mass is 16.5. The van der Waals surface area contributed by atoms with Crippen molar-refractivity contribution in [3.05, 3.63) is 12.2 Å². The summed E-state index contributed by atoms with van der Waals surface area (Å²) in [5.41, 5.74) is 0. The molecule has 1 amide bonds. The summed E-state index contributed by atoms with van der Waals surface area (Å²) in [6.45, 7) is 2.31. The number of allylic oxidation sites excluding steroid dienone is 1. The Bertz CT molecular complexity index is 193. The van der Waals surface area contributed by atoms with E-state index in [0.717, 1.165) is 45.5 Å². The van der Waals surface area contributed by atoms with Crippen LogP contribution in [0.1, 0.15) is 25.7 Å². The number of amides is 1. The summed E-state index contributed by atoms with van der Waals surface area (Å²) in [7, 11) is 3.32. The van der Waals surface area contributed by atoms with Crippen LogP contribution < -0.4 is 5.32 Å². The number of unbranched alkanes of at least 4 members (excludes halogenated alkanes) is 2. The molecule has 0 atom stereocenters. The molecule has 0 heterocycles. The average Bonchev–Trinajstić information content (AvgIpc) is 2.31. The Morgan fingerprint density at radius 2 is 1.94 bits per heavy atom. The standard InChI is InChI=1S/C12H23NO3/c1-13-12(14)8-5-3-4-6-10-16-11-7-9-15-2/h5,8H,3-4,6-7,9-11H2,1-2H3,(H,13,14)/b8-5+. The lowest BCUT2D eigenvalue weighted by molar-refractivity contribution is -0.116. The van der Waals surface area contributed by atoms with E-state index in [1.165, 1.54) is 0 Å². The van der Waals surface area contributed by atoms with Gasteiger partial charge >= 0.3 is 0 Å². The van der Waals surface area contributed by atoms with E-state index in [4.69, 9.17) is 9.47 Å². The number of ether oxygens (including phenoxy) is 2. The zero-order valence-corrected chi connectivity index (χ0v) is 10.3. The van der Waals surface area contributed by atoms with E-state index < -0.39 is 0 Å². The quantitative estimate of drug-likeness (QED) is 0.456. The largest absolute Gasteiger partial charge is 0.385 e. The van der Waals surface area contributed by atoms with Crippen molar-refractivity contribution in [2.45, 2.75) is 25.7 Å². The van der Waals surface area contributed by atoms with Gasteiger partial charge in [-0.1, -0.05) is 6.08 Å². The van der Waals surface area contributed by atoms with E-state index >= 15 is 0 Å². The molecule has 0 saturated carbocycles. The lowest BCUT2D eigenvalue weighted by atomic mass is 10.2. The molecule has 0 aromatic rings. The van der Waals surface area contributed by atoms with Crippen molar-refractivity contribution in [2.75, 3.05) is 34.0 Å². The summed E-state index contributed by atoms with van der Waals surface area (Å²) < 4.78 is 10.3. The van der Waals surface area contributed by atoms with Gasteiger partial charge in [0.25, 0.3) is 0 Å². The number of likely N-dealkylation sites (N-methyl/N-ethyl adjacent to an activating group) is 1. The van der Waals surface area contributed by atoms with Crippen LogP contribution in [-0.2, 0) is 14.3 Å². The van der Waals surface area contributed by atoms with Crippen molar-refractivity contribution in [3.63, 3.8) is 0 Å². The fourth-order valence-electron chi connectivity index (χ4n) is 1.15. The Hall–Kier alpha value is -0.870. The summed E-state index contributed by atoms with van der Waals surface area (Å²) in [6.07, 6.45) is 7.42. The third-order valence-electron chi connectivity index (χ3n) is 2.06. The number of rotatable bonds is 10. The maximum Gasteiger partial charge on any atom is 0.243 e. The van der Waals surface area contributed by atoms with Gasteiger partial charge in [0.05, 0.1) is 0 Å². The topological polar surface area (TPSA) is 47.6 Å². The maximum atomic E-state index is 10.8. The molecular weight excluding hydrogens is 206 g/mol. The number of methoxy groups -OCH3 is 1. The van der Waals surface area contributed by atoms with Crippen molar-refractivity contribution < 1.29 is 14.3 Å². The zero-order valence-electron chi connectivity index (χ0n) is 10.3. The van der Waals surface area contributed by atoms with Gasteiger partial charge < -0.3 is 14.8 Å². The number of hydrogen-bond acceptors (Lipinski definition) is 3. The van der Waals surface area contributed by atoms with Gasteiger partial charge in [-0.3, -0.25) is 4.79 Å². The first-order valence-electron chi connectivity index (χ1n) is 5.76. The van der Waals surface area contributed by atoms with E-state index in [9.17, 15) is 4.79 Å². The normalized spacial score (nSPS) is 10.9. The first kappa shape index (κ1) is 15.1. The minimum absolute atomic E-state index is 0.0455. The summed E-state index contributed by atoms with van der Waals surface area (Å²) in [5, 5.41) is 2.53. The van der Waals surface area contributed by atoms with Gasteiger partial charge in [-0.25, -0.2) is 0 Å². The lowest BCUT2D eigenvalue weighted by Gasteiger charge is -2.02. The molecule has 0 rings (SSSR count). The maximum absolute atomic E-state index is 10.8. The number of carbonyl (C=O) groups is 1. The van der Waals surface area contributed by atoms with Crippen molar-refractivity contribution in [1.82, 2.24) is 5.32 Å². The smallest absolute Gasteiger partial charge is 0.243 e. The summed E-state index contributed by atoms with van der Waals surface area (Å²) in [4.78, 5) is 10.8. The van der Waals surface area contributed by atoms with Crippen LogP contribution in [0.15, 0.2) is 12.2 Å². The summed E-state index contributed by atoms with van der Waals surface area (Å²) >= 11 is 0. The SMILES string of the molecule is CNC(=O)/C=C/CCCCOCCCOC. The number of carbonyl (C=O) groups excluding carboxylic acids is 1. The lowest BCUT2D eigenvalue weighted by Crippen LogP contribution is -2.13. The molecule has 0 radical (unpaired) electrons. The third kappa shape index (κ3) is 11.2. The predicted octanol–water partition coefficient (Wildman–Crippen LogP) is 1.51. The van der Waals surface area contributed by atoms with Gasteiger partial charge in [-0.2, -0.15) is 0 Å². The Morgan fingerprint density at radius 1 is 1.19 bits per heavy atom. The van der Waals surface area contributed by atoms with Crippen molar-refractivity contribution in [2.24, 2.45) is 0 Å². The summed E-state index contributed by atoms with van der Waals surface area (Å²) in [5.74, 6) is -0.0455. The number of nitrogens with one attached hydrogen (secondary N) is 1. The highest BCUT2D eigenvalue weighted by molar-refractivity contribution is 5.87. The van der Waals surface area contributed by atoms with Crippen LogP contribution in [0.25, 0.3) is 0 Å². The van der Waals surface area contributed by atoms with Crippen LogP contribution in [0.5, 0.6) is 0 Å². The highest BCUT2D eigenvalue weighted by Crippen LogP contribution is 1.97. The molecule has 0 aromatic heterocycles. The van der Waals surface area contributed by atoms with Gasteiger partial charge in [-0.15, -0.1) is 0 Å². The molecule has 4 heteroatoms. The van der Waals surface area contributed by atoms with Gasteiger partial charge in [0.15, 0.2) is 0 Å². The molecule has 0 fully saturated rings. The first-order chi connectivity index (χ1) is 7.81. The predicted molar refractivity (Wildman–Crippen MR) is 64.4 cm³/mol. The minimum atomic E-state index is -0.0455. The third-order valence-corrected chi connectivity index (χ3v) is 2.06. The molecular formula is C12H23NO3. The molecule has 0 bridgehead atoms. The van der Waals surface area contributed by atoms with Crippen molar-refractivity contribution in [1.29, 1.82) is 0 Å². The monoisotopic (exact) mass is 229 g/mol. The number of hydrogen-bond donors (Lipinski definition) is 1. The van der Waals surface area contributed by atoms with Crippen molar-refractivity contribution in [3.8, 4) is 0 Å². The zero-order chi connectivity index (χ0) is 12.1. The van der Waals surface area contributed by atoms with Crippen LogP contribution in [0, 0.1) is 0 Å². The highest BCUT2D eigenvalue weighted by Gasteiger charge is 1.90. The second kappa shape index (κ2) is 12.2. The van der Waals surface area contributed by atoms with Crippen LogP contribution in [0.4, 0.5) is 0 Å². The van der Waals surface area contributed by atoms with Crippen LogP contribution in [-0.4, -0.2) is 39.9 Å². The molecule has 4 nitrogen and oxygen atoms in total. The Balaban J connectivity index is 3.09. The van der Waals surface area contributed by atoms with E-state index in [1.807, 2.05) is 6.08 Å². The fourth-order valence-corrected chi connectivity index (χ4v) is 1.15. The molecule has 0 spiro atoms. The molecule has 0 saturated heterocycles. The van der Waals surface area contributed by atoms with Gasteiger partial charge in [0.2, 0.25) is 5.91 Å². The van der Waals surface area contributed by atoms with Crippen LogP contribution >= 0.6 is 0 Å². The molecule has 1 N–H and O–H groups in total. The molecule has 0 unspecified atom stereocenters. The molecule has 94 valence electrons. The van der Waals surface area contributed by atoms with Gasteiger partial charge in [0, 0.05) is 34.0 Å². The molecule has 0 aromatic carbocycles. The fraction of sp³-hybridized carbons (Fsp3) is 0.750. The van der Waals surface area contributed by atoms with Gasteiger partial charge in [-0.05, 0) is 31.8 Å². The van der Waals surface area contributed by atoms with E-state index in [0.29, 0.717) is 0 Å². The average molecular weight is 229 g/mol. The second-order valence-electron chi connectivity index (χ2n) is 3.47. The van der Waals surface area contributed by atoms with Crippen LogP contribution in [0.3, 0.4) is 0 Å². The van der Waals surface area contributed by atoms with E-state index in [2.05, 4.69) is 5.32 Å². The Labute approximate surface area is 98.0 Å². The van der Waals surface area contributed by atoms with Crippen LogP contribution in [0.2, 0.25) is 0 Å². The van der Waals surface area contributed by atoms with E-state index in [1.54, 1.807) is 20.2 Å². The summed E-state index contributed by atoms with van der Waals surface area (Å²) in [6, 6.07) is 0. The molecule has 16 heavy (non-hydrogen) atoms. The first-order valence-corrected chi connectivity index (χ1v) is 5.76. The van der Waals surface area contributed by atoms with Crippen molar-refractivity contribution >= 4 is 5.91 Å². The molecule has 0 aliphatic rings. The second-order valence-corrected chi connectivity index (χ2v) is 3.47. The molecule has 0 aliphatic carbocycles. The van der Waals surface area contributed by atoms with Gasteiger partial charge in [0.1, 0.15) is 0 Å². The van der Waals surface area contributed by atoms with E-state index in [-0.39, 0.29) is 5.91 Å². The Kier molecular flexibility index (Phi) is 11.5. The minimum Gasteiger partial charge on any atom is -0.385 e. The molecule has 0 aliphatic heterocycles. The Morgan fingerprint density at radius 3 is 2.62 bits per heavy atom.